The molecular formula is C17H17ClO3. The van der Waals surface area contributed by atoms with E-state index in [1.807, 2.05) is 26.0 Å². The van der Waals surface area contributed by atoms with Crippen molar-refractivity contribution >= 4 is 11.6 Å². The molecular weight excluding hydrogens is 288 g/mol. The first-order valence-corrected chi connectivity index (χ1v) is 7.28. The van der Waals surface area contributed by atoms with E-state index in [0.29, 0.717) is 22.9 Å². The second kappa shape index (κ2) is 5.24. The highest BCUT2D eigenvalue weighted by Gasteiger charge is 2.28. The molecule has 1 heterocycles. The number of hydrogen-bond donors (Lipinski definition) is 2. The van der Waals surface area contributed by atoms with Crippen LogP contribution in [-0.2, 0) is 0 Å². The summed E-state index contributed by atoms with van der Waals surface area (Å²) in [5.41, 5.74) is 3.31. The predicted molar refractivity (Wildman–Crippen MR) is 82.0 cm³/mol. The number of aromatic hydroxyl groups is 1. The summed E-state index contributed by atoms with van der Waals surface area (Å²) in [4.78, 5) is 0. The Morgan fingerprint density at radius 1 is 1.14 bits per heavy atom. The Labute approximate surface area is 128 Å². The number of aliphatic hydroxyl groups excluding tert-OH is 1. The number of ether oxygens (including phenoxy) is 1. The number of rotatable bonds is 1. The van der Waals surface area contributed by atoms with Crippen molar-refractivity contribution in [2.75, 3.05) is 0 Å². The Morgan fingerprint density at radius 2 is 1.81 bits per heavy atom. The molecule has 0 fully saturated rings. The van der Waals surface area contributed by atoms with Crippen molar-refractivity contribution in [2.45, 2.75) is 32.5 Å². The number of phenolic OH excluding ortho intramolecular Hbond substituents is 1. The molecule has 1 unspecified atom stereocenters. The van der Waals surface area contributed by atoms with E-state index in [1.54, 1.807) is 18.2 Å². The minimum atomic E-state index is -0.605. The number of hydrogen-bond acceptors (Lipinski definition) is 3. The van der Waals surface area contributed by atoms with Crippen LogP contribution in [0.15, 0.2) is 30.3 Å². The number of phenols is 1. The lowest BCUT2D eigenvalue weighted by Gasteiger charge is -2.30. The summed E-state index contributed by atoms with van der Waals surface area (Å²) in [7, 11) is 0. The smallest absolute Gasteiger partial charge is 0.127 e. The fourth-order valence-corrected chi connectivity index (χ4v) is 2.98. The zero-order chi connectivity index (χ0) is 15.1. The molecule has 1 aliphatic rings. The third-order valence-electron chi connectivity index (χ3n) is 3.92. The van der Waals surface area contributed by atoms with Gasteiger partial charge in [-0.2, -0.15) is 0 Å². The summed E-state index contributed by atoms with van der Waals surface area (Å²) in [6, 6.07) is 9.09. The zero-order valence-corrected chi connectivity index (χ0v) is 12.7. The molecule has 2 aromatic carbocycles. The van der Waals surface area contributed by atoms with Gasteiger partial charge in [0.25, 0.3) is 0 Å². The van der Waals surface area contributed by atoms with Gasteiger partial charge in [0.2, 0.25) is 0 Å². The zero-order valence-electron chi connectivity index (χ0n) is 11.9. The van der Waals surface area contributed by atoms with Gasteiger partial charge in [-0.15, -0.1) is 0 Å². The van der Waals surface area contributed by atoms with E-state index in [1.165, 1.54) is 0 Å². The van der Waals surface area contributed by atoms with E-state index in [4.69, 9.17) is 16.3 Å². The van der Waals surface area contributed by atoms with Gasteiger partial charge < -0.3 is 14.9 Å². The van der Waals surface area contributed by atoms with Crippen molar-refractivity contribution in [1.82, 2.24) is 0 Å². The second-order valence-electron chi connectivity index (χ2n) is 5.54. The van der Waals surface area contributed by atoms with Crippen LogP contribution < -0.4 is 4.74 Å². The van der Waals surface area contributed by atoms with Crippen LogP contribution in [0.4, 0.5) is 0 Å². The van der Waals surface area contributed by atoms with E-state index in [9.17, 15) is 10.2 Å². The number of aliphatic hydroxyl groups is 1. The number of fused-ring (bicyclic) bond motifs is 1. The average Bonchev–Trinajstić information content (AvgIpc) is 2.44. The van der Waals surface area contributed by atoms with Crippen LogP contribution in [0.5, 0.6) is 11.5 Å². The SMILES string of the molecule is Cc1cc(C2C[C@@H](O)c3cc(Cl)ccc3O2)cc(C)c1O. The summed E-state index contributed by atoms with van der Waals surface area (Å²) < 4.78 is 5.99. The largest absolute Gasteiger partial charge is 0.507 e. The van der Waals surface area contributed by atoms with Crippen molar-refractivity contribution in [2.24, 2.45) is 0 Å². The lowest BCUT2D eigenvalue weighted by atomic mass is 9.93. The van der Waals surface area contributed by atoms with E-state index >= 15 is 0 Å². The minimum absolute atomic E-state index is 0.230. The van der Waals surface area contributed by atoms with Gasteiger partial charge in [0.15, 0.2) is 0 Å². The average molecular weight is 305 g/mol. The highest BCUT2D eigenvalue weighted by Crippen LogP contribution is 2.42. The number of aryl methyl sites for hydroxylation is 2. The van der Waals surface area contributed by atoms with Crippen molar-refractivity contribution in [3.8, 4) is 11.5 Å². The Balaban J connectivity index is 1.98. The summed E-state index contributed by atoms with van der Waals surface area (Å²) in [5.74, 6) is 0.967. The lowest BCUT2D eigenvalue weighted by molar-refractivity contribution is 0.0657. The molecule has 3 rings (SSSR count). The Bertz CT molecular complexity index is 673. The first-order valence-electron chi connectivity index (χ1n) is 6.90. The van der Waals surface area contributed by atoms with E-state index in [0.717, 1.165) is 22.3 Å². The summed E-state index contributed by atoms with van der Waals surface area (Å²) in [5, 5.41) is 20.8. The monoisotopic (exact) mass is 304 g/mol. The summed E-state index contributed by atoms with van der Waals surface area (Å²) in [6.07, 6.45) is -0.365. The maximum absolute atomic E-state index is 10.3. The molecule has 0 aliphatic carbocycles. The topological polar surface area (TPSA) is 49.7 Å². The van der Waals surface area contributed by atoms with Gasteiger partial charge in [-0.1, -0.05) is 11.6 Å². The Morgan fingerprint density at radius 3 is 2.48 bits per heavy atom. The molecule has 0 aromatic heterocycles. The third kappa shape index (κ3) is 2.59. The van der Waals surface area contributed by atoms with Crippen molar-refractivity contribution in [3.63, 3.8) is 0 Å². The highest BCUT2D eigenvalue weighted by molar-refractivity contribution is 6.30. The maximum atomic E-state index is 10.3. The molecule has 0 radical (unpaired) electrons. The van der Waals surface area contributed by atoms with Crippen LogP contribution in [0, 0.1) is 13.8 Å². The van der Waals surface area contributed by atoms with E-state index in [-0.39, 0.29) is 6.10 Å². The number of halogens is 1. The summed E-state index contributed by atoms with van der Waals surface area (Å²) in [6.45, 7) is 3.72. The molecule has 110 valence electrons. The normalized spacial score (nSPS) is 20.8. The molecule has 0 bridgehead atoms. The molecule has 3 nitrogen and oxygen atoms in total. The first kappa shape index (κ1) is 14.2. The van der Waals surface area contributed by atoms with Crippen molar-refractivity contribution in [3.05, 3.63) is 57.6 Å². The molecule has 1 aliphatic heterocycles. The Hall–Kier alpha value is -1.71. The lowest BCUT2D eigenvalue weighted by Crippen LogP contribution is -2.19. The summed E-state index contributed by atoms with van der Waals surface area (Å²) >= 11 is 5.96. The third-order valence-corrected chi connectivity index (χ3v) is 4.16. The predicted octanol–water partition coefficient (Wildman–Crippen LogP) is 4.22. The van der Waals surface area contributed by atoms with E-state index < -0.39 is 6.10 Å². The first-order chi connectivity index (χ1) is 9.95. The highest BCUT2D eigenvalue weighted by atomic mass is 35.5. The molecule has 0 spiro atoms. The van der Waals surface area contributed by atoms with Crippen LogP contribution in [-0.4, -0.2) is 10.2 Å². The van der Waals surface area contributed by atoms with Crippen LogP contribution in [0.3, 0.4) is 0 Å². The fraction of sp³-hybridized carbons (Fsp3) is 0.294. The Kier molecular flexibility index (Phi) is 3.56. The van der Waals surface area contributed by atoms with Gasteiger partial charge in [-0.3, -0.25) is 0 Å². The molecule has 0 saturated carbocycles. The van der Waals surface area contributed by atoms with Crippen LogP contribution in [0.1, 0.15) is 40.9 Å². The standard InChI is InChI=1S/C17H17ClO3/c1-9-5-11(6-10(2)17(9)20)16-8-14(19)13-7-12(18)3-4-15(13)21-16/h3-7,14,16,19-20H,8H2,1-2H3/t14-,16?/m1/s1. The van der Waals surface area contributed by atoms with Crippen LogP contribution in [0.2, 0.25) is 5.02 Å². The quantitative estimate of drug-likeness (QED) is 0.829. The van der Waals surface area contributed by atoms with Crippen LogP contribution >= 0.6 is 11.6 Å². The molecule has 0 amide bonds. The van der Waals surface area contributed by atoms with Gasteiger partial charge in [0.05, 0.1) is 6.10 Å². The molecule has 2 atom stereocenters. The fourth-order valence-electron chi connectivity index (χ4n) is 2.80. The molecule has 2 N–H and O–H groups in total. The van der Waals surface area contributed by atoms with Crippen molar-refractivity contribution in [1.29, 1.82) is 0 Å². The maximum Gasteiger partial charge on any atom is 0.127 e. The molecule has 21 heavy (non-hydrogen) atoms. The molecule has 2 aromatic rings. The van der Waals surface area contributed by atoms with Gasteiger partial charge in [0, 0.05) is 17.0 Å². The number of benzene rings is 2. The van der Waals surface area contributed by atoms with Gasteiger partial charge in [-0.05, 0) is 60.9 Å². The minimum Gasteiger partial charge on any atom is -0.507 e. The van der Waals surface area contributed by atoms with Crippen LogP contribution in [0.25, 0.3) is 0 Å². The molecule has 0 saturated heterocycles. The van der Waals surface area contributed by atoms with E-state index in [2.05, 4.69) is 0 Å². The van der Waals surface area contributed by atoms with Gasteiger partial charge >= 0.3 is 0 Å². The van der Waals surface area contributed by atoms with Gasteiger partial charge in [0.1, 0.15) is 17.6 Å². The molecule has 4 heteroatoms. The van der Waals surface area contributed by atoms with Crippen molar-refractivity contribution < 1.29 is 14.9 Å². The second-order valence-corrected chi connectivity index (χ2v) is 5.98. The van der Waals surface area contributed by atoms with Gasteiger partial charge in [-0.25, -0.2) is 0 Å².